The number of hydrogen-bond acceptors (Lipinski definition) is 6. The molecule has 0 amide bonds. The van der Waals surface area contributed by atoms with Crippen molar-refractivity contribution in [3.05, 3.63) is 57.2 Å². The first-order valence-corrected chi connectivity index (χ1v) is 7.41. The molecule has 7 heteroatoms. The number of hydrogen-bond donors (Lipinski definition) is 0. The second kappa shape index (κ2) is 5.69. The molecule has 0 aromatic carbocycles. The smallest absolute Gasteiger partial charge is 0.349 e. The fourth-order valence-electron chi connectivity index (χ4n) is 2.09. The lowest BCUT2D eigenvalue weighted by Crippen LogP contribution is -2.16. The predicted molar refractivity (Wildman–Crippen MR) is 83.0 cm³/mol. The van der Waals surface area contributed by atoms with Crippen LogP contribution in [0.4, 0.5) is 0 Å². The topological polar surface area (TPSA) is 74.1 Å². The molecule has 0 aliphatic carbocycles. The van der Waals surface area contributed by atoms with Crippen molar-refractivity contribution in [3.63, 3.8) is 0 Å². The van der Waals surface area contributed by atoms with Crippen LogP contribution in [0.15, 0.2) is 35.5 Å². The van der Waals surface area contributed by atoms with E-state index in [0.29, 0.717) is 26.4 Å². The molecule has 3 heterocycles. The van der Waals surface area contributed by atoms with Crippen molar-refractivity contribution in [1.29, 1.82) is 0 Å². The summed E-state index contributed by atoms with van der Waals surface area (Å²) in [6.07, 6.45) is 3.09. The highest BCUT2D eigenvalue weighted by molar-refractivity contribution is 7.20. The van der Waals surface area contributed by atoms with Gasteiger partial charge in [0.2, 0.25) is 0 Å². The quantitative estimate of drug-likeness (QED) is 0.692. The van der Waals surface area contributed by atoms with Crippen LogP contribution in [0.1, 0.15) is 20.9 Å². The van der Waals surface area contributed by atoms with E-state index in [0.717, 1.165) is 0 Å². The first-order chi connectivity index (χ1) is 10.6. The third kappa shape index (κ3) is 2.50. The Morgan fingerprint density at radius 2 is 2.18 bits per heavy atom. The molecule has 3 aromatic heterocycles. The van der Waals surface area contributed by atoms with Gasteiger partial charge in [-0.05, 0) is 24.6 Å². The fraction of sp³-hybridized carbons (Fsp3) is 0.200. The normalized spacial score (nSPS) is 10.8. The number of aromatic nitrogens is 3. The van der Waals surface area contributed by atoms with Crippen LogP contribution in [0.2, 0.25) is 0 Å². The zero-order valence-electron chi connectivity index (χ0n) is 12.1. The molecule has 0 atom stereocenters. The Bertz CT molecular complexity index is 900. The van der Waals surface area contributed by atoms with E-state index < -0.39 is 5.97 Å². The Balaban J connectivity index is 1.90. The minimum atomic E-state index is -0.465. The summed E-state index contributed by atoms with van der Waals surface area (Å²) in [5.41, 5.74) is 1.12. The lowest BCUT2D eigenvalue weighted by molar-refractivity contribution is 0.0473. The summed E-state index contributed by atoms with van der Waals surface area (Å²) in [4.78, 5) is 33.6. The van der Waals surface area contributed by atoms with Gasteiger partial charge in [0.05, 0.1) is 17.4 Å². The number of nitrogens with zero attached hydrogens (tertiary/aromatic N) is 3. The third-order valence-corrected chi connectivity index (χ3v) is 4.45. The molecule has 0 aliphatic rings. The Morgan fingerprint density at radius 3 is 2.91 bits per heavy atom. The summed E-state index contributed by atoms with van der Waals surface area (Å²) < 4.78 is 6.66. The lowest BCUT2D eigenvalue weighted by atomic mass is 10.2. The number of rotatable bonds is 3. The highest BCUT2D eigenvalue weighted by Crippen LogP contribution is 2.27. The van der Waals surface area contributed by atoms with Crippen LogP contribution in [-0.4, -0.2) is 20.5 Å². The third-order valence-electron chi connectivity index (χ3n) is 3.27. The molecule has 0 aliphatic heterocycles. The number of aryl methyl sites for hydroxylation is 2. The summed E-state index contributed by atoms with van der Waals surface area (Å²) in [6.45, 7) is 1.83. The molecule has 22 heavy (non-hydrogen) atoms. The minimum absolute atomic E-state index is 0.0960. The van der Waals surface area contributed by atoms with Gasteiger partial charge in [0.1, 0.15) is 16.3 Å². The predicted octanol–water partition coefficient (Wildman–Crippen LogP) is 2.06. The van der Waals surface area contributed by atoms with Gasteiger partial charge in [-0.25, -0.2) is 9.78 Å². The van der Waals surface area contributed by atoms with Crippen LogP contribution in [0.5, 0.6) is 0 Å². The van der Waals surface area contributed by atoms with Crippen LogP contribution < -0.4 is 5.56 Å². The maximum Gasteiger partial charge on any atom is 0.349 e. The molecular weight excluding hydrogens is 302 g/mol. The highest BCUT2D eigenvalue weighted by atomic mass is 32.1. The molecule has 0 radical (unpaired) electrons. The summed E-state index contributed by atoms with van der Waals surface area (Å²) in [7, 11) is 1.63. The van der Waals surface area contributed by atoms with Crippen LogP contribution in [0, 0.1) is 6.92 Å². The SMILES string of the molecule is Cc1c(C(=O)OCc2ccccn2)sc2ncn(C)c(=O)c12. The van der Waals surface area contributed by atoms with Gasteiger partial charge in [0.25, 0.3) is 5.56 Å². The minimum Gasteiger partial charge on any atom is -0.455 e. The second-order valence-corrected chi connectivity index (χ2v) is 5.79. The Morgan fingerprint density at radius 1 is 1.36 bits per heavy atom. The number of fused-ring (bicyclic) bond motifs is 1. The van der Waals surface area contributed by atoms with Crippen molar-refractivity contribution in [3.8, 4) is 0 Å². The van der Waals surface area contributed by atoms with E-state index in [-0.39, 0.29) is 12.2 Å². The molecule has 0 saturated heterocycles. The molecule has 3 aromatic rings. The van der Waals surface area contributed by atoms with Crippen LogP contribution in [0.3, 0.4) is 0 Å². The summed E-state index contributed by atoms with van der Waals surface area (Å²) >= 11 is 1.17. The Labute approximate surface area is 130 Å². The first-order valence-electron chi connectivity index (χ1n) is 6.59. The number of esters is 1. The molecular formula is C15H13N3O3S. The van der Waals surface area contributed by atoms with Gasteiger partial charge in [-0.15, -0.1) is 11.3 Å². The average Bonchev–Trinajstić information content (AvgIpc) is 2.87. The van der Waals surface area contributed by atoms with E-state index in [1.165, 1.54) is 22.2 Å². The zero-order chi connectivity index (χ0) is 15.7. The van der Waals surface area contributed by atoms with Crippen LogP contribution in [-0.2, 0) is 18.4 Å². The zero-order valence-corrected chi connectivity index (χ0v) is 12.9. The van der Waals surface area contributed by atoms with Crippen molar-refractivity contribution in [2.75, 3.05) is 0 Å². The average molecular weight is 315 g/mol. The molecule has 0 bridgehead atoms. The van der Waals surface area contributed by atoms with Crippen molar-refractivity contribution >= 4 is 27.5 Å². The van der Waals surface area contributed by atoms with Gasteiger partial charge in [-0.3, -0.25) is 9.78 Å². The highest BCUT2D eigenvalue weighted by Gasteiger charge is 2.20. The molecule has 0 N–H and O–H groups in total. The maximum absolute atomic E-state index is 12.2. The van der Waals surface area contributed by atoms with Gasteiger partial charge in [0.15, 0.2) is 0 Å². The number of thiophene rings is 1. The van der Waals surface area contributed by atoms with Crippen molar-refractivity contribution < 1.29 is 9.53 Å². The van der Waals surface area contributed by atoms with Crippen molar-refractivity contribution in [2.24, 2.45) is 7.05 Å². The molecule has 0 unspecified atom stereocenters. The van der Waals surface area contributed by atoms with E-state index in [9.17, 15) is 9.59 Å². The lowest BCUT2D eigenvalue weighted by Gasteiger charge is -2.03. The van der Waals surface area contributed by atoms with E-state index in [1.807, 2.05) is 6.07 Å². The molecule has 112 valence electrons. The Kier molecular flexibility index (Phi) is 3.72. The summed E-state index contributed by atoms with van der Waals surface area (Å²) in [5.74, 6) is -0.465. The first kappa shape index (κ1) is 14.4. The van der Waals surface area contributed by atoms with Gasteiger partial charge < -0.3 is 9.30 Å². The van der Waals surface area contributed by atoms with E-state index >= 15 is 0 Å². The van der Waals surface area contributed by atoms with Crippen molar-refractivity contribution in [2.45, 2.75) is 13.5 Å². The monoisotopic (exact) mass is 315 g/mol. The van der Waals surface area contributed by atoms with E-state index in [2.05, 4.69) is 9.97 Å². The standard InChI is InChI=1S/C15H13N3O3S/c1-9-11-13(17-8-18(2)14(11)19)22-12(9)15(20)21-7-10-5-3-4-6-16-10/h3-6,8H,7H2,1-2H3. The number of carbonyl (C=O) groups is 1. The second-order valence-electron chi connectivity index (χ2n) is 4.79. The molecule has 6 nitrogen and oxygen atoms in total. The number of ether oxygens (including phenoxy) is 1. The van der Waals surface area contributed by atoms with E-state index in [1.54, 1.807) is 32.3 Å². The van der Waals surface area contributed by atoms with Gasteiger partial charge in [-0.1, -0.05) is 6.07 Å². The molecule has 0 saturated carbocycles. The number of pyridine rings is 1. The molecule has 0 spiro atoms. The largest absolute Gasteiger partial charge is 0.455 e. The van der Waals surface area contributed by atoms with Gasteiger partial charge in [0, 0.05) is 13.2 Å². The fourth-order valence-corrected chi connectivity index (χ4v) is 3.13. The summed E-state index contributed by atoms with van der Waals surface area (Å²) in [6, 6.07) is 5.40. The summed E-state index contributed by atoms with van der Waals surface area (Å²) in [5, 5.41) is 0.472. The van der Waals surface area contributed by atoms with E-state index in [4.69, 9.17) is 4.74 Å². The molecule has 3 rings (SSSR count). The van der Waals surface area contributed by atoms with Crippen molar-refractivity contribution in [1.82, 2.24) is 14.5 Å². The maximum atomic E-state index is 12.2. The van der Waals surface area contributed by atoms with Crippen LogP contribution in [0.25, 0.3) is 10.2 Å². The number of carbonyl (C=O) groups excluding carboxylic acids is 1. The Hall–Kier alpha value is -2.54. The molecule has 0 fully saturated rings. The van der Waals surface area contributed by atoms with Gasteiger partial charge >= 0.3 is 5.97 Å². The van der Waals surface area contributed by atoms with Gasteiger partial charge in [-0.2, -0.15) is 0 Å². The van der Waals surface area contributed by atoms with Crippen LogP contribution >= 0.6 is 11.3 Å².